The van der Waals surface area contributed by atoms with Gasteiger partial charge in [0.05, 0.1) is 6.04 Å². The molecule has 5 nitrogen and oxygen atoms in total. The first-order valence-corrected chi connectivity index (χ1v) is 7.11. The van der Waals surface area contributed by atoms with E-state index in [0.29, 0.717) is 11.7 Å². The fourth-order valence-electron chi connectivity index (χ4n) is 1.59. The van der Waals surface area contributed by atoms with E-state index in [1.165, 1.54) is 0 Å². The molecule has 96 valence electrons. The molecule has 18 heavy (non-hydrogen) atoms. The first kappa shape index (κ1) is 13.0. The smallest absolute Gasteiger partial charge is 0.243 e. The maximum Gasteiger partial charge on any atom is 0.243 e. The molecule has 0 saturated heterocycles. The Labute approximate surface area is 110 Å². The molecule has 0 aliphatic rings. The van der Waals surface area contributed by atoms with E-state index in [9.17, 15) is 0 Å². The molecule has 0 aliphatic heterocycles. The molecule has 2 aromatic heterocycles. The summed E-state index contributed by atoms with van der Waals surface area (Å²) >= 11 is 1.75. The highest BCUT2D eigenvalue weighted by Crippen LogP contribution is 2.21. The zero-order chi connectivity index (χ0) is 13.0. The Morgan fingerprint density at radius 3 is 3.06 bits per heavy atom. The summed E-state index contributed by atoms with van der Waals surface area (Å²) in [4.78, 5) is 8.39. The van der Waals surface area contributed by atoms with Crippen molar-refractivity contribution in [3.05, 3.63) is 29.9 Å². The molecule has 6 heteroatoms. The number of rotatable bonds is 5. The Kier molecular flexibility index (Phi) is 4.33. The van der Waals surface area contributed by atoms with Crippen LogP contribution < -0.4 is 5.73 Å². The minimum absolute atomic E-state index is 0.194. The Bertz CT molecular complexity index is 514. The second kappa shape index (κ2) is 5.97. The van der Waals surface area contributed by atoms with Gasteiger partial charge >= 0.3 is 0 Å². The highest BCUT2D eigenvalue weighted by molar-refractivity contribution is 7.98. The van der Waals surface area contributed by atoms with E-state index in [2.05, 4.69) is 15.1 Å². The Hall–Kier alpha value is -1.40. The zero-order valence-electron chi connectivity index (χ0n) is 10.5. The van der Waals surface area contributed by atoms with Crippen LogP contribution in [0.1, 0.15) is 23.9 Å². The van der Waals surface area contributed by atoms with Crippen molar-refractivity contribution in [3.63, 3.8) is 0 Å². The highest BCUT2D eigenvalue weighted by atomic mass is 32.2. The average molecular weight is 264 g/mol. The van der Waals surface area contributed by atoms with Crippen LogP contribution in [0.3, 0.4) is 0 Å². The van der Waals surface area contributed by atoms with Gasteiger partial charge in [-0.3, -0.25) is 4.98 Å². The van der Waals surface area contributed by atoms with E-state index in [4.69, 9.17) is 10.3 Å². The summed E-state index contributed by atoms with van der Waals surface area (Å²) in [6.45, 7) is 1.96. The van der Waals surface area contributed by atoms with Crippen molar-refractivity contribution in [1.82, 2.24) is 15.1 Å². The molecule has 0 saturated carbocycles. The highest BCUT2D eigenvalue weighted by Gasteiger charge is 2.16. The average Bonchev–Trinajstić information content (AvgIpc) is 2.86. The molecule has 0 bridgehead atoms. The molecular weight excluding hydrogens is 248 g/mol. The van der Waals surface area contributed by atoms with Crippen LogP contribution in [0.15, 0.2) is 23.0 Å². The van der Waals surface area contributed by atoms with E-state index < -0.39 is 0 Å². The number of nitrogens with two attached hydrogens (primary N) is 1. The van der Waals surface area contributed by atoms with Gasteiger partial charge in [-0.1, -0.05) is 5.16 Å². The number of thioether (sulfide) groups is 1. The zero-order valence-corrected chi connectivity index (χ0v) is 11.3. The minimum atomic E-state index is -0.194. The van der Waals surface area contributed by atoms with E-state index in [0.717, 1.165) is 23.3 Å². The van der Waals surface area contributed by atoms with Crippen molar-refractivity contribution in [2.75, 3.05) is 12.0 Å². The first-order valence-electron chi connectivity index (χ1n) is 5.71. The van der Waals surface area contributed by atoms with Crippen molar-refractivity contribution in [2.24, 2.45) is 5.73 Å². The topological polar surface area (TPSA) is 77.8 Å². The van der Waals surface area contributed by atoms with Crippen LogP contribution in [0.4, 0.5) is 0 Å². The lowest BCUT2D eigenvalue weighted by molar-refractivity contribution is 0.353. The molecule has 2 aromatic rings. The van der Waals surface area contributed by atoms with Crippen molar-refractivity contribution in [1.29, 1.82) is 0 Å². The third-order valence-electron chi connectivity index (χ3n) is 2.65. The number of nitrogens with zero attached hydrogens (tertiary/aromatic N) is 3. The summed E-state index contributed by atoms with van der Waals surface area (Å²) in [5.41, 5.74) is 7.93. The quantitative estimate of drug-likeness (QED) is 0.892. The summed E-state index contributed by atoms with van der Waals surface area (Å²) in [5.74, 6) is 2.05. The molecule has 1 atom stereocenters. The van der Waals surface area contributed by atoms with E-state index in [1.54, 1.807) is 24.2 Å². The van der Waals surface area contributed by atoms with Gasteiger partial charge in [-0.15, -0.1) is 0 Å². The molecule has 0 aliphatic carbocycles. The fraction of sp³-hybridized carbons (Fsp3) is 0.417. The van der Waals surface area contributed by atoms with Crippen LogP contribution in [0.5, 0.6) is 0 Å². The van der Waals surface area contributed by atoms with Gasteiger partial charge in [0.25, 0.3) is 0 Å². The summed E-state index contributed by atoms with van der Waals surface area (Å²) in [5, 5.41) is 3.98. The van der Waals surface area contributed by atoms with Crippen LogP contribution in [0, 0.1) is 6.92 Å². The lowest BCUT2D eigenvalue weighted by atomic mass is 10.1. The third-order valence-corrected chi connectivity index (χ3v) is 3.30. The Balaban J connectivity index is 2.18. The molecule has 0 unspecified atom stereocenters. The van der Waals surface area contributed by atoms with Crippen LogP contribution in [-0.2, 0) is 0 Å². The SMILES string of the molecule is CSCC[C@H](N)c1nc(-c2ccncc2C)no1. The van der Waals surface area contributed by atoms with E-state index in [1.807, 2.05) is 19.2 Å². The number of pyridine rings is 1. The molecule has 0 radical (unpaired) electrons. The monoisotopic (exact) mass is 264 g/mol. The second-order valence-corrected chi connectivity index (χ2v) is 5.02. The van der Waals surface area contributed by atoms with Crippen LogP contribution in [0.25, 0.3) is 11.4 Å². The minimum Gasteiger partial charge on any atom is -0.337 e. The fourth-order valence-corrected chi connectivity index (χ4v) is 2.08. The standard InChI is InChI=1S/C12H16N4OS/c1-8-7-14-5-3-9(8)11-15-12(17-16-11)10(13)4-6-18-2/h3,5,7,10H,4,6,13H2,1-2H3/t10-/m0/s1. The van der Waals surface area contributed by atoms with Crippen LogP contribution in [0.2, 0.25) is 0 Å². The summed E-state index contributed by atoms with van der Waals surface area (Å²) < 4.78 is 5.22. The Morgan fingerprint density at radius 1 is 1.50 bits per heavy atom. The van der Waals surface area contributed by atoms with Crippen molar-refractivity contribution < 1.29 is 4.52 Å². The molecule has 0 amide bonds. The lowest BCUT2D eigenvalue weighted by Crippen LogP contribution is -2.11. The molecular formula is C12H16N4OS. The second-order valence-electron chi connectivity index (χ2n) is 4.03. The van der Waals surface area contributed by atoms with Gasteiger partial charge < -0.3 is 10.3 Å². The largest absolute Gasteiger partial charge is 0.337 e. The van der Waals surface area contributed by atoms with Crippen molar-refractivity contribution in [3.8, 4) is 11.4 Å². The number of hydrogen-bond acceptors (Lipinski definition) is 6. The van der Waals surface area contributed by atoms with Crippen molar-refractivity contribution >= 4 is 11.8 Å². The molecule has 0 aromatic carbocycles. The first-order chi connectivity index (χ1) is 8.72. The van der Waals surface area contributed by atoms with Crippen molar-refractivity contribution in [2.45, 2.75) is 19.4 Å². The third kappa shape index (κ3) is 2.88. The van der Waals surface area contributed by atoms with E-state index >= 15 is 0 Å². The van der Waals surface area contributed by atoms with Crippen LogP contribution >= 0.6 is 11.8 Å². The Morgan fingerprint density at radius 2 is 2.33 bits per heavy atom. The molecule has 2 rings (SSSR count). The number of hydrogen-bond donors (Lipinski definition) is 1. The molecule has 2 heterocycles. The summed E-state index contributed by atoms with van der Waals surface area (Å²) in [7, 11) is 0. The van der Waals surface area contributed by atoms with Crippen LogP contribution in [-0.4, -0.2) is 27.1 Å². The number of aromatic nitrogens is 3. The van der Waals surface area contributed by atoms with Gasteiger partial charge in [0.2, 0.25) is 11.7 Å². The molecule has 2 N–H and O–H groups in total. The normalized spacial score (nSPS) is 12.6. The van der Waals surface area contributed by atoms with Gasteiger partial charge in [0.1, 0.15) is 0 Å². The lowest BCUT2D eigenvalue weighted by Gasteiger charge is -2.03. The maximum atomic E-state index is 5.99. The van der Waals surface area contributed by atoms with Gasteiger partial charge in [0.15, 0.2) is 0 Å². The summed E-state index contributed by atoms with van der Waals surface area (Å²) in [6, 6.07) is 1.68. The maximum absolute atomic E-state index is 5.99. The predicted octanol–water partition coefficient (Wildman–Crippen LogP) is 2.19. The summed E-state index contributed by atoms with van der Waals surface area (Å²) in [6.07, 6.45) is 6.37. The van der Waals surface area contributed by atoms with Gasteiger partial charge in [-0.25, -0.2) is 0 Å². The van der Waals surface area contributed by atoms with E-state index in [-0.39, 0.29) is 6.04 Å². The predicted molar refractivity (Wildman–Crippen MR) is 72.2 cm³/mol. The molecule has 0 spiro atoms. The number of aryl methyl sites for hydroxylation is 1. The van der Waals surface area contributed by atoms with Gasteiger partial charge in [0, 0.05) is 18.0 Å². The molecule has 0 fully saturated rings. The van der Waals surface area contributed by atoms with Gasteiger partial charge in [-0.05, 0) is 37.0 Å². The van der Waals surface area contributed by atoms with Gasteiger partial charge in [-0.2, -0.15) is 16.7 Å².